The van der Waals surface area contributed by atoms with Crippen LogP contribution in [0.1, 0.15) is 11.1 Å². The van der Waals surface area contributed by atoms with E-state index >= 15 is 0 Å². The summed E-state index contributed by atoms with van der Waals surface area (Å²) >= 11 is 0. The average molecular weight is 352 g/mol. The van der Waals surface area contributed by atoms with Gasteiger partial charge in [0.25, 0.3) is 0 Å². The van der Waals surface area contributed by atoms with Gasteiger partial charge in [0.05, 0.1) is 24.9 Å². The van der Waals surface area contributed by atoms with Crippen LogP contribution in [0.2, 0.25) is 0 Å². The minimum atomic E-state index is -4.35. The van der Waals surface area contributed by atoms with Crippen LogP contribution >= 0.6 is 0 Å². The lowest BCUT2D eigenvalue weighted by atomic mass is 10.1. The quantitative estimate of drug-likeness (QED) is 0.860. The first-order chi connectivity index (χ1) is 11.8. The summed E-state index contributed by atoms with van der Waals surface area (Å²) < 4.78 is 42.8. The second kappa shape index (κ2) is 8.02. The Morgan fingerprint density at radius 2 is 1.76 bits per heavy atom. The first kappa shape index (κ1) is 18.8. The van der Waals surface area contributed by atoms with Crippen LogP contribution in [0.25, 0.3) is 0 Å². The predicted octanol–water partition coefficient (Wildman–Crippen LogP) is 3.78. The van der Waals surface area contributed by atoms with Crippen LogP contribution in [0.15, 0.2) is 48.5 Å². The van der Waals surface area contributed by atoms with Gasteiger partial charge >= 0.3 is 6.18 Å². The summed E-state index contributed by atoms with van der Waals surface area (Å²) in [4.78, 5) is 13.8. The summed E-state index contributed by atoms with van der Waals surface area (Å²) in [5.74, 6) is 0.320. The van der Waals surface area contributed by atoms with Gasteiger partial charge in [0.1, 0.15) is 5.75 Å². The van der Waals surface area contributed by atoms with Crippen molar-refractivity contribution >= 4 is 11.6 Å². The van der Waals surface area contributed by atoms with Gasteiger partial charge in [0, 0.05) is 6.54 Å². The number of ether oxygens (including phenoxy) is 1. The number of carbonyl (C=O) groups excluding carboxylic acids is 1. The minimum absolute atomic E-state index is 0.0963. The van der Waals surface area contributed by atoms with Crippen molar-refractivity contribution in [1.82, 2.24) is 4.90 Å². The van der Waals surface area contributed by atoms with Gasteiger partial charge in [-0.15, -0.1) is 0 Å². The number of rotatable bonds is 6. The fourth-order valence-corrected chi connectivity index (χ4v) is 2.35. The molecule has 4 nitrogen and oxygen atoms in total. The molecule has 0 saturated carbocycles. The predicted molar refractivity (Wildman–Crippen MR) is 89.4 cm³/mol. The zero-order valence-corrected chi connectivity index (χ0v) is 13.9. The van der Waals surface area contributed by atoms with Crippen molar-refractivity contribution in [2.24, 2.45) is 0 Å². The molecule has 0 heterocycles. The Balaban J connectivity index is 1.91. The van der Waals surface area contributed by atoms with E-state index in [-0.39, 0.29) is 12.5 Å². The normalized spacial score (nSPS) is 11.4. The largest absolute Gasteiger partial charge is 0.495 e. The highest BCUT2D eigenvalue weighted by Crippen LogP contribution is 2.29. The van der Waals surface area contributed by atoms with Gasteiger partial charge in [0.2, 0.25) is 5.91 Å². The van der Waals surface area contributed by atoms with Crippen molar-refractivity contribution in [2.75, 3.05) is 26.0 Å². The fraction of sp³-hybridized carbons (Fsp3) is 0.278. The zero-order chi connectivity index (χ0) is 18.4. The summed E-state index contributed by atoms with van der Waals surface area (Å²) in [6, 6.07) is 12.0. The van der Waals surface area contributed by atoms with Crippen LogP contribution in [-0.2, 0) is 17.5 Å². The van der Waals surface area contributed by atoms with Crippen LogP contribution in [0.4, 0.5) is 18.9 Å². The molecule has 25 heavy (non-hydrogen) atoms. The molecule has 2 rings (SSSR count). The third-order valence-electron chi connectivity index (χ3n) is 3.53. The number of carbonyl (C=O) groups is 1. The summed E-state index contributed by atoms with van der Waals surface area (Å²) in [7, 11) is 3.24. The highest BCUT2D eigenvalue weighted by molar-refractivity contribution is 5.93. The lowest BCUT2D eigenvalue weighted by Gasteiger charge is -2.17. The van der Waals surface area contributed by atoms with Crippen LogP contribution in [-0.4, -0.2) is 31.5 Å². The van der Waals surface area contributed by atoms with E-state index in [2.05, 4.69) is 5.32 Å². The molecule has 0 atom stereocenters. The molecular weight excluding hydrogens is 333 g/mol. The van der Waals surface area contributed by atoms with E-state index < -0.39 is 11.7 Å². The molecule has 0 radical (unpaired) electrons. The van der Waals surface area contributed by atoms with Crippen molar-refractivity contribution in [3.63, 3.8) is 0 Å². The zero-order valence-electron chi connectivity index (χ0n) is 13.9. The van der Waals surface area contributed by atoms with Gasteiger partial charge in [0.15, 0.2) is 0 Å². The molecule has 0 aromatic heterocycles. The lowest BCUT2D eigenvalue weighted by molar-refractivity contribution is -0.137. The maximum atomic E-state index is 12.5. The molecule has 1 N–H and O–H groups in total. The monoisotopic (exact) mass is 352 g/mol. The Morgan fingerprint density at radius 3 is 2.36 bits per heavy atom. The maximum Gasteiger partial charge on any atom is 0.416 e. The Kier molecular flexibility index (Phi) is 6.03. The van der Waals surface area contributed by atoms with Crippen molar-refractivity contribution in [3.05, 3.63) is 59.7 Å². The third-order valence-corrected chi connectivity index (χ3v) is 3.53. The number of para-hydroxylation sites is 2. The van der Waals surface area contributed by atoms with Gasteiger partial charge in [-0.3, -0.25) is 9.69 Å². The lowest BCUT2D eigenvalue weighted by Crippen LogP contribution is -2.30. The molecule has 2 aromatic carbocycles. The number of alkyl halides is 3. The van der Waals surface area contributed by atoms with E-state index in [1.807, 2.05) is 0 Å². The van der Waals surface area contributed by atoms with Crippen LogP contribution in [0, 0.1) is 0 Å². The second-order valence-corrected chi connectivity index (χ2v) is 5.62. The van der Waals surface area contributed by atoms with E-state index in [0.29, 0.717) is 23.5 Å². The highest BCUT2D eigenvalue weighted by atomic mass is 19.4. The van der Waals surface area contributed by atoms with Crippen LogP contribution in [0.3, 0.4) is 0 Å². The topological polar surface area (TPSA) is 41.6 Å². The van der Waals surface area contributed by atoms with Gasteiger partial charge in [-0.25, -0.2) is 0 Å². The molecule has 0 aliphatic rings. The Bertz CT molecular complexity index is 715. The summed E-state index contributed by atoms with van der Waals surface area (Å²) in [5.41, 5.74) is 0.575. The molecule has 0 unspecified atom stereocenters. The number of benzene rings is 2. The Morgan fingerprint density at radius 1 is 1.12 bits per heavy atom. The van der Waals surface area contributed by atoms with Crippen molar-refractivity contribution in [3.8, 4) is 5.75 Å². The first-order valence-corrected chi connectivity index (χ1v) is 7.57. The molecule has 1 amide bonds. The highest BCUT2D eigenvalue weighted by Gasteiger charge is 2.29. The van der Waals surface area contributed by atoms with E-state index in [9.17, 15) is 18.0 Å². The molecule has 0 aliphatic carbocycles. The molecule has 2 aromatic rings. The summed E-state index contributed by atoms with van der Waals surface area (Å²) in [6.45, 7) is 0.455. The number of methoxy groups -OCH3 is 1. The summed E-state index contributed by atoms with van der Waals surface area (Å²) in [6.07, 6.45) is -4.35. The fourth-order valence-electron chi connectivity index (χ4n) is 2.35. The van der Waals surface area contributed by atoms with Gasteiger partial charge < -0.3 is 10.1 Å². The number of halogens is 3. The molecule has 0 fully saturated rings. The number of anilines is 1. The SMILES string of the molecule is COc1ccccc1NC(=O)CN(C)Cc1ccc(C(F)(F)F)cc1. The van der Waals surface area contributed by atoms with Crippen LogP contribution in [0.5, 0.6) is 5.75 Å². The minimum Gasteiger partial charge on any atom is -0.495 e. The molecule has 134 valence electrons. The standard InChI is InChI=1S/C18H19F3N2O2/c1-23(11-13-7-9-14(10-8-13)18(19,20)21)12-17(24)22-15-5-3-4-6-16(15)25-2/h3-10H,11-12H2,1-2H3,(H,22,24). The molecule has 0 aliphatic heterocycles. The number of likely N-dealkylation sites (N-methyl/N-ethyl adjacent to an activating group) is 1. The van der Waals surface area contributed by atoms with Gasteiger partial charge in [-0.05, 0) is 36.9 Å². The maximum absolute atomic E-state index is 12.5. The molecule has 0 saturated heterocycles. The van der Waals surface area contributed by atoms with Crippen molar-refractivity contribution in [1.29, 1.82) is 0 Å². The first-order valence-electron chi connectivity index (χ1n) is 7.57. The van der Waals surface area contributed by atoms with E-state index in [4.69, 9.17) is 4.74 Å². The number of nitrogens with zero attached hydrogens (tertiary/aromatic N) is 1. The molecular formula is C18H19F3N2O2. The number of nitrogens with one attached hydrogen (secondary N) is 1. The van der Waals surface area contributed by atoms with Gasteiger partial charge in [-0.2, -0.15) is 13.2 Å². The molecule has 0 bridgehead atoms. The van der Waals surface area contributed by atoms with E-state index in [1.54, 1.807) is 36.2 Å². The van der Waals surface area contributed by atoms with Crippen molar-refractivity contribution < 1.29 is 22.7 Å². The summed E-state index contributed by atoms with van der Waals surface area (Å²) in [5, 5.41) is 2.75. The van der Waals surface area contributed by atoms with Gasteiger partial charge in [-0.1, -0.05) is 24.3 Å². The van der Waals surface area contributed by atoms with Crippen molar-refractivity contribution in [2.45, 2.75) is 12.7 Å². The van der Waals surface area contributed by atoms with E-state index in [0.717, 1.165) is 12.1 Å². The third kappa shape index (κ3) is 5.49. The Hall–Kier alpha value is -2.54. The smallest absolute Gasteiger partial charge is 0.416 e. The Labute approximate surface area is 144 Å². The second-order valence-electron chi connectivity index (χ2n) is 5.62. The molecule has 0 spiro atoms. The number of hydrogen-bond donors (Lipinski definition) is 1. The number of amides is 1. The van der Waals surface area contributed by atoms with E-state index in [1.165, 1.54) is 19.2 Å². The molecule has 7 heteroatoms. The van der Waals surface area contributed by atoms with Crippen LogP contribution < -0.4 is 10.1 Å². The average Bonchev–Trinajstić information content (AvgIpc) is 2.54. The number of hydrogen-bond acceptors (Lipinski definition) is 3.